The van der Waals surface area contributed by atoms with Crippen LogP contribution in [-0.2, 0) is 17.9 Å². The standard InChI is InChI=1S/C23H26N4O/c1-24-23(26-14-15-28-18-19-8-3-2-4-9-19)27-17-20-10-7-11-21(16-20)22-12-5-6-13-25-22/h2-13,16H,14-15,17-18H2,1H3,(H2,24,26,27). The SMILES string of the molecule is CN=C(NCCOCc1ccccc1)NCc1cccc(-c2ccccn2)c1. The van der Waals surface area contributed by atoms with Gasteiger partial charge in [0.25, 0.3) is 0 Å². The number of nitrogens with zero attached hydrogens (tertiary/aromatic N) is 2. The predicted octanol–water partition coefficient (Wildman–Crippen LogP) is 3.63. The predicted molar refractivity (Wildman–Crippen MR) is 114 cm³/mol. The first-order chi connectivity index (χ1) is 13.8. The van der Waals surface area contributed by atoms with Crippen molar-refractivity contribution in [2.24, 2.45) is 4.99 Å². The van der Waals surface area contributed by atoms with Crippen LogP contribution in [0, 0.1) is 0 Å². The van der Waals surface area contributed by atoms with E-state index >= 15 is 0 Å². The Hall–Kier alpha value is -3.18. The first-order valence-electron chi connectivity index (χ1n) is 9.41. The molecule has 0 saturated heterocycles. The van der Waals surface area contributed by atoms with Crippen LogP contribution in [0.5, 0.6) is 0 Å². The maximum Gasteiger partial charge on any atom is 0.191 e. The molecule has 0 saturated carbocycles. The van der Waals surface area contributed by atoms with Crippen molar-refractivity contribution in [3.8, 4) is 11.3 Å². The second-order valence-electron chi connectivity index (χ2n) is 6.31. The van der Waals surface area contributed by atoms with Crippen molar-refractivity contribution >= 4 is 5.96 Å². The Bertz CT molecular complexity index is 866. The van der Waals surface area contributed by atoms with Crippen molar-refractivity contribution in [1.82, 2.24) is 15.6 Å². The number of benzene rings is 2. The van der Waals surface area contributed by atoms with Crippen molar-refractivity contribution in [1.29, 1.82) is 0 Å². The van der Waals surface area contributed by atoms with Gasteiger partial charge in [0, 0.05) is 31.9 Å². The molecular formula is C23H26N4O. The van der Waals surface area contributed by atoms with E-state index in [1.807, 2.05) is 42.6 Å². The maximum atomic E-state index is 5.69. The highest BCUT2D eigenvalue weighted by atomic mass is 16.5. The molecule has 0 fully saturated rings. The minimum atomic E-state index is 0.616. The fraction of sp³-hybridized carbons (Fsp3) is 0.217. The molecule has 0 bridgehead atoms. The van der Waals surface area contributed by atoms with Crippen LogP contribution in [0.25, 0.3) is 11.3 Å². The van der Waals surface area contributed by atoms with Gasteiger partial charge in [-0.15, -0.1) is 0 Å². The number of aliphatic imine (C=N–C) groups is 1. The highest BCUT2D eigenvalue weighted by Crippen LogP contribution is 2.17. The third kappa shape index (κ3) is 6.21. The van der Waals surface area contributed by atoms with Crippen LogP contribution < -0.4 is 10.6 Å². The topological polar surface area (TPSA) is 58.5 Å². The second-order valence-corrected chi connectivity index (χ2v) is 6.31. The van der Waals surface area contributed by atoms with Gasteiger partial charge in [0.2, 0.25) is 0 Å². The Morgan fingerprint density at radius 3 is 2.54 bits per heavy atom. The van der Waals surface area contributed by atoms with Crippen LogP contribution in [0.15, 0.2) is 84.0 Å². The lowest BCUT2D eigenvalue weighted by Crippen LogP contribution is -2.38. The van der Waals surface area contributed by atoms with E-state index in [1.165, 1.54) is 11.1 Å². The fourth-order valence-electron chi connectivity index (χ4n) is 2.79. The molecule has 2 N–H and O–H groups in total. The van der Waals surface area contributed by atoms with Gasteiger partial charge in [-0.2, -0.15) is 0 Å². The van der Waals surface area contributed by atoms with Gasteiger partial charge in [-0.25, -0.2) is 0 Å². The Morgan fingerprint density at radius 1 is 0.929 bits per heavy atom. The molecule has 0 spiro atoms. The quantitative estimate of drug-likeness (QED) is 0.359. The molecule has 1 heterocycles. The molecule has 0 radical (unpaired) electrons. The van der Waals surface area contributed by atoms with E-state index in [0.717, 1.165) is 17.2 Å². The minimum Gasteiger partial charge on any atom is -0.375 e. The van der Waals surface area contributed by atoms with Crippen LogP contribution in [-0.4, -0.2) is 31.1 Å². The van der Waals surface area contributed by atoms with Crippen molar-refractivity contribution in [3.05, 3.63) is 90.1 Å². The van der Waals surface area contributed by atoms with Crippen LogP contribution >= 0.6 is 0 Å². The molecule has 5 nitrogen and oxygen atoms in total. The normalized spacial score (nSPS) is 11.2. The number of guanidine groups is 1. The average Bonchev–Trinajstić information content (AvgIpc) is 2.77. The number of hydrogen-bond donors (Lipinski definition) is 2. The van der Waals surface area contributed by atoms with Gasteiger partial charge in [-0.1, -0.05) is 54.6 Å². The summed E-state index contributed by atoms with van der Waals surface area (Å²) >= 11 is 0. The zero-order valence-corrected chi connectivity index (χ0v) is 16.1. The van der Waals surface area contributed by atoms with E-state index in [-0.39, 0.29) is 0 Å². The molecule has 1 aromatic heterocycles. The smallest absolute Gasteiger partial charge is 0.191 e. The lowest BCUT2D eigenvalue weighted by atomic mass is 10.1. The summed E-state index contributed by atoms with van der Waals surface area (Å²) in [5.41, 5.74) is 4.43. The van der Waals surface area contributed by atoms with Crippen molar-refractivity contribution in [2.75, 3.05) is 20.2 Å². The third-order valence-corrected chi connectivity index (χ3v) is 4.22. The number of nitrogens with one attached hydrogen (secondary N) is 2. The molecule has 0 aliphatic rings. The molecule has 5 heteroatoms. The zero-order valence-electron chi connectivity index (χ0n) is 16.1. The van der Waals surface area contributed by atoms with Gasteiger partial charge < -0.3 is 15.4 Å². The number of ether oxygens (including phenoxy) is 1. The zero-order chi connectivity index (χ0) is 19.4. The van der Waals surface area contributed by atoms with Gasteiger partial charge >= 0.3 is 0 Å². The molecule has 0 atom stereocenters. The average molecular weight is 374 g/mol. The minimum absolute atomic E-state index is 0.616. The first-order valence-corrected chi connectivity index (χ1v) is 9.41. The highest BCUT2D eigenvalue weighted by Gasteiger charge is 2.02. The molecule has 144 valence electrons. The Morgan fingerprint density at radius 2 is 1.75 bits per heavy atom. The third-order valence-electron chi connectivity index (χ3n) is 4.22. The summed E-state index contributed by atoms with van der Waals surface area (Å²) in [6.45, 7) is 2.62. The summed E-state index contributed by atoms with van der Waals surface area (Å²) < 4.78 is 5.69. The Kier molecular flexibility index (Phi) is 7.58. The molecule has 0 amide bonds. The van der Waals surface area contributed by atoms with E-state index in [2.05, 4.69) is 57.0 Å². The molecule has 0 aliphatic carbocycles. The van der Waals surface area contributed by atoms with E-state index in [1.54, 1.807) is 7.05 Å². The molecular weight excluding hydrogens is 348 g/mol. The summed E-state index contributed by atoms with van der Waals surface area (Å²) in [5, 5.41) is 6.61. The largest absolute Gasteiger partial charge is 0.375 e. The van der Waals surface area contributed by atoms with E-state index in [0.29, 0.717) is 26.3 Å². The summed E-state index contributed by atoms with van der Waals surface area (Å²) in [5.74, 6) is 0.756. The summed E-state index contributed by atoms with van der Waals surface area (Å²) in [7, 11) is 1.77. The fourth-order valence-corrected chi connectivity index (χ4v) is 2.79. The molecule has 3 aromatic rings. The molecule has 0 aliphatic heterocycles. The number of rotatable bonds is 8. The summed E-state index contributed by atoms with van der Waals surface area (Å²) in [6.07, 6.45) is 1.81. The number of hydrogen-bond acceptors (Lipinski definition) is 3. The van der Waals surface area contributed by atoms with Gasteiger partial charge in [-0.05, 0) is 29.3 Å². The van der Waals surface area contributed by atoms with E-state index < -0.39 is 0 Å². The molecule has 28 heavy (non-hydrogen) atoms. The van der Waals surface area contributed by atoms with Gasteiger partial charge in [0.1, 0.15) is 0 Å². The van der Waals surface area contributed by atoms with Crippen LogP contribution in [0.2, 0.25) is 0 Å². The monoisotopic (exact) mass is 374 g/mol. The van der Waals surface area contributed by atoms with Crippen LogP contribution in [0.1, 0.15) is 11.1 Å². The van der Waals surface area contributed by atoms with E-state index in [9.17, 15) is 0 Å². The van der Waals surface area contributed by atoms with E-state index in [4.69, 9.17) is 4.74 Å². The van der Waals surface area contributed by atoms with Crippen LogP contribution in [0.4, 0.5) is 0 Å². The number of pyridine rings is 1. The van der Waals surface area contributed by atoms with Crippen LogP contribution in [0.3, 0.4) is 0 Å². The first kappa shape index (κ1) is 19.6. The van der Waals surface area contributed by atoms with Gasteiger partial charge in [0.15, 0.2) is 5.96 Å². The van der Waals surface area contributed by atoms with Crippen molar-refractivity contribution in [3.63, 3.8) is 0 Å². The molecule has 2 aromatic carbocycles. The Labute approximate surface area is 166 Å². The van der Waals surface area contributed by atoms with Crippen molar-refractivity contribution < 1.29 is 4.74 Å². The molecule has 0 unspecified atom stereocenters. The van der Waals surface area contributed by atoms with Gasteiger partial charge in [0.05, 0.1) is 18.9 Å². The summed E-state index contributed by atoms with van der Waals surface area (Å²) in [4.78, 5) is 8.68. The van der Waals surface area contributed by atoms with Crippen molar-refractivity contribution in [2.45, 2.75) is 13.2 Å². The molecule has 3 rings (SSSR count). The van der Waals surface area contributed by atoms with Gasteiger partial charge in [-0.3, -0.25) is 9.98 Å². The highest BCUT2D eigenvalue weighted by molar-refractivity contribution is 5.79. The Balaban J connectivity index is 1.42. The second kappa shape index (κ2) is 10.8. The number of aromatic nitrogens is 1. The maximum absolute atomic E-state index is 5.69. The lowest BCUT2D eigenvalue weighted by molar-refractivity contribution is 0.125. The summed E-state index contributed by atoms with van der Waals surface area (Å²) in [6, 6.07) is 24.5. The lowest BCUT2D eigenvalue weighted by Gasteiger charge is -2.13.